The molecule has 0 bridgehead atoms. The highest BCUT2D eigenvalue weighted by Crippen LogP contribution is 2.28. The molecule has 20 heavy (non-hydrogen) atoms. The quantitative estimate of drug-likeness (QED) is 0.624. The van der Waals surface area contributed by atoms with Crippen LogP contribution >= 0.6 is 11.3 Å². The molecular formula is C16H10F2OS. The van der Waals surface area contributed by atoms with Gasteiger partial charge in [0.05, 0.1) is 10.4 Å². The van der Waals surface area contributed by atoms with Gasteiger partial charge in [-0.3, -0.25) is 4.79 Å². The summed E-state index contributed by atoms with van der Waals surface area (Å²) in [6.07, 6.45) is 0. The third-order valence-electron chi connectivity index (χ3n) is 3.07. The molecule has 0 saturated heterocycles. The van der Waals surface area contributed by atoms with Crippen LogP contribution in [0, 0.1) is 18.6 Å². The summed E-state index contributed by atoms with van der Waals surface area (Å²) in [6, 6.07) is 10.4. The van der Waals surface area contributed by atoms with Crippen molar-refractivity contribution >= 4 is 27.2 Å². The summed E-state index contributed by atoms with van der Waals surface area (Å²) in [4.78, 5) is 12.8. The van der Waals surface area contributed by atoms with E-state index in [2.05, 4.69) is 0 Å². The first-order valence-corrected chi connectivity index (χ1v) is 6.86. The molecule has 1 heterocycles. The molecule has 3 aromatic rings. The Bertz CT molecular complexity index is 820. The molecule has 0 fully saturated rings. The van der Waals surface area contributed by atoms with Crippen LogP contribution in [0.15, 0.2) is 42.5 Å². The molecule has 4 heteroatoms. The molecule has 0 amide bonds. The fraction of sp³-hybridized carbons (Fsp3) is 0.0625. The first-order valence-electron chi connectivity index (χ1n) is 6.04. The Morgan fingerprint density at radius 2 is 1.85 bits per heavy atom. The SMILES string of the molecule is Cc1ccc(F)c(C(=O)c2cc3ccc(F)cc3s2)c1. The summed E-state index contributed by atoms with van der Waals surface area (Å²) >= 11 is 1.17. The van der Waals surface area contributed by atoms with E-state index in [9.17, 15) is 13.6 Å². The van der Waals surface area contributed by atoms with Crippen LogP contribution in [-0.4, -0.2) is 5.78 Å². The molecule has 0 atom stereocenters. The average molecular weight is 288 g/mol. The van der Waals surface area contributed by atoms with E-state index >= 15 is 0 Å². The Labute approximate surface area is 118 Å². The Kier molecular flexibility index (Phi) is 3.10. The first-order chi connectivity index (χ1) is 9.54. The molecule has 0 aliphatic carbocycles. The van der Waals surface area contributed by atoms with Crippen molar-refractivity contribution in [3.8, 4) is 0 Å². The van der Waals surface area contributed by atoms with Crippen LogP contribution in [0.2, 0.25) is 0 Å². The summed E-state index contributed by atoms with van der Waals surface area (Å²) in [7, 11) is 0. The summed E-state index contributed by atoms with van der Waals surface area (Å²) < 4.78 is 27.6. The van der Waals surface area contributed by atoms with Crippen molar-refractivity contribution in [2.24, 2.45) is 0 Å². The van der Waals surface area contributed by atoms with Gasteiger partial charge in [0.2, 0.25) is 5.78 Å². The number of ketones is 1. The number of carbonyl (C=O) groups excluding carboxylic acids is 1. The lowest BCUT2D eigenvalue weighted by atomic mass is 10.1. The van der Waals surface area contributed by atoms with E-state index in [0.29, 0.717) is 9.58 Å². The molecular weight excluding hydrogens is 278 g/mol. The highest BCUT2D eigenvalue weighted by molar-refractivity contribution is 7.21. The Morgan fingerprint density at radius 3 is 2.65 bits per heavy atom. The van der Waals surface area contributed by atoms with Crippen molar-refractivity contribution in [1.82, 2.24) is 0 Å². The topological polar surface area (TPSA) is 17.1 Å². The van der Waals surface area contributed by atoms with Gasteiger partial charge in [-0.05, 0) is 42.6 Å². The van der Waals surface area contributed by atoms with E-state index in [1.807, 2.05) is 0 Å². The molecule has 0 unspecified atom stereocenters. The van der Waals surface area contributed by atoms with E-state index in [4.69, 9.17) is 0 Å². The lowest BCUT2D eigenvalue weighted by Gasteiger charge is -2.01. The normalized spacial score (nSPS) is 10.9. The first kappa shape index (κ1) is 12.9. The average Bonchev–Trinajstić information content (AvgIpc) is 2.83. The van der Waals surface area contributed by atoms with Crippen molar-refractivity contribution < 1.29 is 13.6 Å². The number of carbonyl (C=O) groups is 1. The van der Waals surface area contributed by atoms with Gasteiger partial charge in [0.25, 0.3) is 0 Å². The van der Waals surface area contributed by atoms with Crippen LogP contribution in [0.4, 0.5) is 8.78 Å². The van der Waals surface area contributed by atoms with Gasteiger partial charge in [-0.15, -0.1) is 11.3 Å². The number of benzene rings is 2. The van der Waals surface area contributed by atoms with Gasteiger partial charge >= 0.3 is 0 Å². The summed E-state index contributed by atoms with van der Waals surface area (Å²) in [6.45, 7) is 1.80. The highest BCUT2D eigenvalue weighted by atomic mass is 32.1. The zero-order valence-corrected chi connectivity index (χ0v) is 11.4. The molecule has 0 radical (unpaired) electrons. The Hall–Kier alpha value is -2.07. The lowest BCUT2D eigenvalue weighted by molar-refractivity contribution is 0.103. The molecule has 0 saturated carbocycles. The van der Waals surface area contributed by atoms with E-state index in [1.165, 1.54) is 35.6 Å². The maximum absolute atomic E-state index is 13.7. The largest absolute Gasteiger partial charge is 0.288 e. The minimum atomic E-state index is -0.538. The van der Waals surface area contributed by atoms with Gasteiger partial charge < -0.3 is 0 Å². The van der Waals surface area contributed by atoms with Crippen LogP contribution in [0.1, 0.15) is 20.8 Å². The minimum absolute atomic E-state index is 0.0528. The van der Waals surface area contributed by atoms with Crippen LogP contribution in [0.5, 0.6) is 0 Å². The summed E-state index contributed by atoms with van der Waals surface area (Å²) in [5.74, 6) is -1.25. The predicted molar refractivity (Wildman–Crippen MR) is 76.4 cm³/mol. The summed E-state index contributed by atoms with van der Waals surface area (Å²) in [5.41, 5.74) is 0.874. The van der Waals surface area contributed by atoms with Crippen LogP contribution < -0.4 is 0 Å². The fourth-order valence-electron chi connectivity index (χ4n) is 2.06. The molecule has 1 aromatic heterocycles. The third kappa shape index (κ3) is 2.23. The van der Waals surface area contributed by atoms with Gasteiger partial charge in [0.15, 0.2) is 0 Å². The van der Waals surface area contributed by atoms with E-state index in [-0.39, 0.29) is 17.2 Å². The molecule has 0 spiro atoms. The van der Waals surface area contributed by atoms with Crippen molar-refractivity contribution in [2.75, 3.05) is 0 Å². The van der Waals surface area contributed by atoms with Crippen molar-refractivity contribution in [3.05, 3.63) is 70.1 Å². The molecule has 1 nitrogen and oxygen atoms in total. The maximum Gasteiger partial charge on any atom is 0.205 e. The summed E-state index contributed by atoms with van der Waals surface area (Å²) in [5, 5.41) is 0.785. The third-order valence-corrected chi connectivity index (χ3v) is 4.17. The smallest absolute Gasteiger partial charge is 0.205 e. The minimum Gasteiger partial charge on any atom is -0.288 e. The fourth-order valence-corrected chi connectivity index (χ4v) is 3.10. The van der Waals surface area contributed by atoms with E-state index < -0.39 is 5.82 Å². The van der Waals surface area contributed by atoms with E-state index in [0.717, 1.165) is 10.9 Å². The van der Waals surface area contributed by atoms with Gasteiger partial charge in [-0.25, -0.2) is 8.78 Å². The van der Waals surface area contributed by atoms with Gasteiger partial charge in [0.1, 0.15) is 11.6 Å². The van der Waals surface area contributed by atoms with Gasteiger partial charge in [-0.2, -0.15) is 0 Å². The second kappa shape index (κ2) is 4.80. The number of rotatable bonds is 2. The second-order valence-corrected chi connectivity index (χ2v) is 5.69. The van der Waals surface area contributed by atoms with Crippen molar-refractivity contribution in [2.45, 2.75) is 6.92 Å². The van der Waals surface area contributed by atoms with E-state index in [1.54, 1.807) is 25.1 Å². The Morgan fingerprint density at radius 1 is 1.05 bits per heavy atom. The molecule has 0 aliphatic rings. The Balaban J connectivity index is 2.10. The molecule has 100 valence electrons. The standard InChI is InChI=1S/C16H10F2OS/c1-9-2-5-13(18)12(6-9)16(19)15-7-10-3-4-11(17)8-14(10)20-15/h2-8H,1H3. The number of halogens is 2. The molecule has 2 aromatic carbocycles. The zero-order chi connectivity index (χ0) is 14.3. The highest BCUT2D eigenvalue weighted by Gasteiger charge is 2.17. The van der Waals surface area contributed by atoms with Crippen LogP contribution in [0.3, 0.4) is 0 Å². The van der Waals surface area contributed by atoms with Crippen molar-refractivity contribution in [1.29, 1.82) is 0 Å². The zero-order valence-electron chi connectivity index (χ0n) is 10.6. The lowest BCUT2D eigenvalue weighted by Crippen LogP contribution is -2.02. The number of thiophene rings is 1. The number of hydrogen-bond donors (Lipinski definition) is 0. The number of aryl methyl sites for hydroxylation is 1. The second-order valence-electron chi connectivity index (χ2n) is 4.61. The molecule has 3 rings (SSSR count). The number of hydrogen-bond acceptors (Lipinski definition) is 2. The predicted octanol–water partition coefficient (Wildman–Crippen LogP) is 4.72. The monoisotopic (exact) mass is 288 g/mol. The number of fused-ring (bicyclic) bond motifs is 1. The van der Waals surface area contributed by atoms with Crippen LogP contribution in [0.25, 0.3) is 10.1 Å². The van der Waals surface area contributed by atoms with Crippen molar-refractivity contribution in [3.63, 3.8) is 0 Å². The molecule has 0 aliphatic heterocycles. The van der Waals surface area contributed by atoms with Gasteiger partial charge in [0, 0.05) is 4.70 Å². The maximum atomic E-state index is 13.7. The van der Waals surface area contributed by atoms with Crippen LogP contribution in [-0.2, 0) is 0 Å². The molecule has 0 N–H and O–H groups in total. The van der Waals surface area contributed by atoms with Gasteiger partial charge in [-0.1, -0.05) is 17.7 Å².